The molecule has 1 N–H and O–H groups in total. The third-order valence-electron chi connectivity index (χ3n) is 5.67. The average molecular weight is 364 g/mol. The zero-order chi connectivity index (χ0) is 18.5. The number of likely N-dealkylation sites (tertiary alicyclic amines) is 1. The van der Waals surface area contributed by atoms with Gasteiger partial charge >= 0.3 is 0 Å². The first-order valence-corrected chi connectivity index (χ1v) is 10.1. The fourth-order valence-electron chi connectivity index (χ4n) is 4.15. The number of piperidine rings is 1. The van der Waals surface area contributed by atoms with Crippen LogP contribution < -0.4 is 5.32 Å². The van der Waals surface area contributed by atoms with Crippen LogP contribution in [-0.4, -0.2) is 49.2 Å². The number of benzene rings is 2. The molecule has 1 atom stereocenters. The Morgan fingerprint density at radius 1 is 1.00 bits per heavy atom. The van der Waals surface area contributed by atoms with Crippen LogP contribution in [0.1, 0.15) is 36.0 Å². The quantitative estimate of drug-likeness (QED) is 0.879. The predicted molar refractivity (Wildman–Crippen MR) is 108 cm³/mol. The number of nitrogens with zero attached hydrogens (tertiary/aromatic N) is 1. The van der Waals surface area contributed by atoms with Crippen molar-refractivity contribution in [1.82, 2.24) is 10.2 Å². The van der Waals surface area contributed by atoms with Crippen molar-refractivity contribution in [2.75, 3.05) is 26.2 Å². The Kier molecular flexibility index (Phi) is 5.85. The molecular formula is C23H28N2O2. The van der Waals surface area contributed by atoms with Crippen molar-refractivity contribution in [1.29, 1.82) is 0 Å². The molecule has 0 aliphatic carbocycles. The number of hydrogen-bond acceptors (Lipinski definition) is 3. The summed E-state index contributed by atoms with van der Waals surface area (Å²) in [6.45, 7) is 4.02. The van der Waals surface area contributed by atoms with Crippen LogP contribution in [-0.2, 0) is 4.74 Å². The number of carbonyl (C=O) groups excluding carboxylic acids is 1. The lowest BCUT2D eigenvalue weighted by Crippen LogP contribution is -2.46. The van der Waals surface area contributed by atoms with Crippen LogP contribution in [0.5, 0.6) is 0 Å². The molecule has 0 aromatic heterocycles. The van der Waals surface area contributed by atoms with Crippen LogP contribution in [0, 0.1) is 0 Å². The second kappa shape index (κ2) is 8.68. The van der Waals surface area contributed by atoms with E-state index < -0.39 is 0 Å². The van der Waals surface area contributed by atoms with Crippen LogP contribution in [0.3, 0.4) is 0 Å². The van der Waals surface area contributed by atoms with E-state index in [4.69, 9.17) is 4.74 Å². The molecule has 1 unspecified atom stereocenters. The molecule has 27 heavy (non-hydrogen) atoms. The molecule has 4 rings (SSSR count). The first-order valence-electron chi connectivity index (χ1n) is 10.1. The van der Waals surface area contributed by atoms with Crippen molar-refractivity contribution in [3.05, 3.63) is 60.2 Å². The molecule has 1 amide bonds. The molecule has 0 radical (unpaired) electrons. The van der Waals surface area contributed by atoms with Gasteiger partial charge < -0.3 is 15.0 Å². The third-order valence-corrected chi connectivity index (χ3v) is 5.67. The monoisotopic (exact) mass is 364 g/mol. The molecule has 2 saturated heterocycles. The van der Waals surface area contributed by atoms with E-state index in [1.807, 2.05) is 42.5 Å². The Labute approximate surface area is 161 Å². The molecule has 2 aliphatic heterocycles. The topological polar surface area (TPSA) is 41.6 Å². The van der Waals surface area contributed by atoms with E-state index in [0.717, 1.165) is 55.8 Å². The summed E-state index contributed by atoms with van der Waals surface area (Å²) in [7, 11) is 0. The summed E-state index contributed by atoms with van der Waals surface area (Å²) in [5.74, 6) is 0.0343. The van der Waals surface area contributed by atoms with Crippen molar-refractivity contribution in [3.8, 4) is 11.1 Å². The number of amides is 1. The van der Waals surface area contributed by atoms with Crippen LogP contribution in [0.2, 0.25) is 0 Å². The average Bonchev–Trinajstić information content (AvgIpc) is 3.23. The highest BCUT2D eigenvalue weighted by molar-refractivity contribution is 6.01. The maximum Gasteiger partial charge on any atom is 0.252 e. The van der Waals surface area contributed by atoms with Crippen molar-refractivity contribution in [2.24, 2.45) is 0 Å². The smallest absolute Gasteiger partial charge is 0.252 e. The fraction of sp³-hybridized carbons (Fsp3) is 0.435. The highest BCUT2D eigenvalue weighted by Crippen LogP contribution is 2.24. The van der Waals surface area contributed by atoms with Crippen molar-refractivity contribution < 1.29 is 9.53 Å². The molecule has 2 aromatic rings. The summed E-state index contributed by atoms with van der Waals surface area (Å²) in [6, 6.07) is 18.2. The highest BCUT2D eigenvalue weighted by atomic mass is 16.5. The summed E-state index contributed by atoms with van der Waals surface area (Å²) in [4.78, 5) is 15.4. The van der Waals surface area contributed by atoms with Crippen molar-refractivity contribution in [2.45, 2.75) is 37.8 Å². The number of rotatable bonds is 5. The van der Waals surface area contributed by atoms with Crippen molar-refractivity contribution in [3.63, 3.8) is 0 Å². The zero-order valence-corrected chi connectivity index (χ0v) is 15.8. The molecule has 0 spiro atoms. The van der Waals surface area contributed by atoms with E-state index >= 15 is 0 Å². The highest BCUT2D eigenvalue weighted by Gasteiger charge is 2.25. The molecular weight excluding hydrogens is 336 g/mol. The molecule has 142 valence electrons. The Hall–Kier alpha value is -2.17. The van der Waals surface area contributed by atoms with Gasteiger partial charge in [0.05, 0.1) is 6.10 Å². The minimum atomic E-state index is 0.0343. The van der Waals surface area contributed by atoms with Gasteiger partial charge in [-0.3, -0.25) is 4.79 Å². The Balaban J connectivity index is 1.35. The lowest BCUT2D eigenvalue weighted by molar-refractivity contribution is 0.0613. The lowest BCUT2D eigenvalue weighted by Gasteiger charge is -2.33. The van der Waals surface area contributed by atoms with E-state index in [2.05, 4.69) is 22.3 Å². The second-order valence-electron chi connectivity index (χ2n) is 7.59. The Bertz CT molecular complexity index is 748. The van der Waals surface area contributed by atoms with Gasteiger partial charge in [-0.25, -0.2) is 0 Å². The minimum Gasteiger partial charge on any atom is -0.377 e. The maximum atomic E-state index is 12.9. The number of ether oxygens (including phenoxy) is 1. The van der Waals surface area contributed by atoms with Gasteiger partial charge in [0, 0.05) is 37.8 Å². The van der Waals surface area contributed by atoms with E-state index in [-0.39, 0.29) is 11.9 Å². The predicted octanol–water partition coefficient (Wildman–Crippen LogP) is 3.73. The standard InChI is InChI=1S/C23H28N2O2/c26-23(22-11-5-4-10-21(22)18-7-2-1-3-8-18)24-19-12-14-25(15-13-19)17-20-9-6-16-27-20/h1-5,7-8,10-11,19-20H,6,9,12-17H2,(H,24,26). The minimum absolute atomic E-state index is 0.0343. The zero-order valence-electron chi connectivity index (χ0n) is 15.8. The van der Waals surface area contributed by atoms with E-state index in [1.165, 1.54) is 12.8 Å². The lowest BCUT2D eigenvalue weighted by atomic mass is 9.98. The van der Waals surface area contributed by atoms with Gasteiger partial charge in [-0.2, -0.15) is 0 Å². The number of carbonyl (C=O) groups is 1. The first-order chi connectivity index (χ1) is 13.3. The summed E-state index contributed by atoms with van der Waals surface area (Å²) in [6.07, 6.45) is 4.80. The molecule has 2 aromatic carbocycles. The summed E-state index contributed by atoms with van der Waals surface area (Å²) < 4.78 is 5.75. The molecule has 4 heteroatoms. The fourth-order valence-corrected chi connectivity index (χ4v) is 4.15. The van der Waals surface area contributed by atoms with E-state index in [0.29, 0.717) is 6.10 Å². The van der Waals surface area contributed by atoms with Gasteiger partial charge in [0.15, 0.2) is 0 Å². The van der Waals surface area contributed by atoms with Crippen LogP contribution in [0.4, 0.5) is 0 Å². The molecule has 0 bridgehead atoms. The van der Waals surface area contributed by atoms with Gasteiger partial charge in [0.2, 0.25) is 0 Å². The Morgan fingerprint density at radius 2 is 1.74 bits per heavy atom. The summed E-state index contributed by atoms with van der Waals surface area (Å²) >= 11 is 0. The summed E-state index contributed by atoms with van der Waals surface area (Å²) in [5.41, 5.74) is 2.83. The van der Waals surface area contributed by atoms with Gasteiger partial charge in [-0.1, -0.05) is 48.5 Å². The largest absolute Gasteiger partial charge is 0.377 e. The van der Waals surface area contributed by atoms with Gasteiger partial charge in [0.25, 0.3) is 5.91 Å². The van der Waals surface area contributed by atoms with Crippen LogP contribution >= 0.6 is 0 Å². The number of hydrogen-bond donors (Lipinski definition) is 1. The van der Waals surface area contributed by atoms with Crippen LogP contribution in [0.15, 0.2) is 54.6 Å². The number of nitrogens with one attached hydrogen (secondary N) is 1. The first kappa shape index (κ1) is 18.2. The van der Waals surface area contributed by atoms with E-state index in [9.17, 15) is 4.79 Å². The van der Waals surface area contributed by atoms with Gasteiger partial charge in [0.1, 0.15) is 0 Å². The van der Waals surface area contributed by atoms with E-state index in [1.54, 1.807) is 0 Å². The van der Waals surface area contributed by atoms with Crippen molar-refractivity contribution >= 4 is 5.91 Å². The third kappa shape index (κ3) is 4.57. The Morgan fingerprint density at radius 3 is 2.48 bits per heavy atom. The molecule has 4 nitrogen and oxygen atoms in total. The summed E-state index contributed by atoms with van der Waals surface area (Å²) in [5, 5.41) is 3.26. The normalized spacial score (nSPS) is 21.3. The molecule has 2 aliphatic rings. The SMILES string of the molecule is O=C(NC1CCN(CC2CCCO2)CC1)c1ccccc1-c1ccccc1. The maximum absolute atomic E-state index is 12.9. The molecule has 2 fully saturated rings. The van der Waals surface area contributed by atoms with Crippen LogP contribution in [0.25, 0.3) is 11.1 Å². The van der Waals surface area contributed by atoms with Gasteiger partial charge in [-0.15, -0.1) is 0 Å². The molecule has 2 heterocycles. The van der Waals surface area contributed by atoms with Gasteiger partial charge in [-0.05, 0) is 42.9 Å². The molecule has 0 saturated carbocycles. The second-order valence-corrected chi connectivity index (χ2v) is 7.59.